The molecule has 0 atom stereocenters. The van der Waals surface area contributed by atoms with E-state index in [4.69, 9.17) is 4.74 Å². The summed E-state index contributed by atoms with van der Waals surface area (Å²) in [6, 6.07) is 20.5. The third kappa shape index (κ3) is 8.80. The van der Waals surface area contributed by atoms with Gasteiger partial charge in [-0.15, -0.1) is 0 Å². The molecule has 0 unspecified atom stereocenters. The van der Waals surface area contributed by atoms with Gasteiger partial charge < -0.3 is 14.2 Å². The molecule has 3 rings (SSSR count). The highest BCUT2D eigenvalue weighted by Gasteiger charge is 2.28. The maximum Gasteiger partial charge on any atom is 0.243 e. The molecule has 3 aromatic rings. The van der Waals surface area contributed by atoms with E-state index in [1.807, 2.05) is 37.4 Å². The van der Waals surface area contributed by atoms with Crippen LogP contribution in [0.3, 0.4) is 0 Å². The number of sulfonamides is 1. The molecule has 0 saturated heterocycles. The van der Waals surface area contributed by atoms with E-state index in [0.717, 1.165) is 28.6 Å². The third-order valence-corrected chi connectivity index (χ3v) is 8.66. The Morgan fingerprint density at radius 1 is 0.947 bits per heavy atom. The maximum atomic E-state index is 13.6. The lowest BCUT2D eigenvalue weighted by Gasteiger charge is -2.28. The van der Waals surface area contributed by atoms with Crippen molar-refractivity contribution < 1.29 is 17.9 Å². The van der Waals surface area contributed by atoms with Crippen molar-refractivity contribution >= 4 is 31.9 Å². The SMILES string of the molecule is CCCCN(Cc1cccn1Cc1ccc(Br)cc1)C(=O)CN(CCCOCC)S(=O)(=O)c1ccccc1. The maximum absolute atomic E-state index is 13.6. The molecule has 0 saturated carbocycles. The number of aromatic nitrogens is 1. The predicted molar refractivity (Wildman–Crippen MR) is 154 cm³/mol. The Balaban J connectivity index is 1.78. The molecule has 0 aliphatic heterocycles. The first-order valence-electron chi connectivity index (χ1n) is 13.1. The largest absolute Gasteiger partial charge is 0.382 e. The summed E-state index contributed by atoms with van der Waals surface area (Å²) in [5, 5.41) is 0. The van der Waals surface area contributed by atoms with Gasteiger partial charge in [0.25, 0.3) is 0 Å². The van der Waals surface area contributed by atoms with E-state index in [1.54, 1.807) is 35.2 Å². The first kappa shape index (κ1) is 30.1. The lowest BCUT2D eigenvalue weighted by atomic mass is 10.2. The van der Waals surface area contributed by atoms with Gasteiger partial charge in [-0.1, -0.05) is 59.6 Å². The molecule has 2 aromatic carbocycles. The van der Waals surface area contributed by atoms with Crippen molar-refractivity contribution in [3.8, 4) is 0 Å². The van der Waals surface area contributed by atoms with Crippen LogP contribution in [-0.4, -0.2) is 60.9 Å². The van der Waals surface area contributed by atoms with E-state index in [-0.39, 0.29) is 23.9 Å². The van der Waals surface area contributed by atoms with Gasteiger partial charge in [0.2, 0.25) is 15.9 Å². The van der Waals surface area contributed by atoms with Crippen molar-refractivity contribution in [2.75, 3.05) is 32.8 Å². The van der Waals surface area contributed by atoms with Gasteiger partial charge in [-0.05, 0) is 61.7 Å². The summed E-state index contributed by atoms with van der Waals surface area (Å²) in [5.41, 5.74) is 2.16. The number of halogens is 1. The standard InChI is InChI=1S/C29H38BrN3O4S/c1-3-5-18-32(23-27-11-9-19-31(27)22-25-14-16-26(30)17-15-25)29(34)24-33(20-10-21-37-4-2)38(35,36)28-12-7-6-8-13-28/h6-9,11-17,19H,3-5,10,18,20-24H2,1-2H3. The number of benzene rings is 2. The van der Waals surface area contributed by atoms with Crippen molar-refractivity contribution in [2.45, 2.75) is 51.1 Å². The van der Waals surface area contributed by atoms with Crippen LogP contribution >= 0.6 is 15.9 Å². The molecule has 206 valence electrons. The topological polar surface area (TPSA) is 71.9 Å². The van der Waals surface area contributed by atoms with Crippen LogP contribution in [0.4, 0.5) is 0 Å². The summed E-state index contributed by atoms with van der Waals surface area (Å²) >= 11 is 3.48. The minimum atomic E-state index is -3.83. The van der Waals surface area contributed by atoms with Crippen LogP contribution in [0.25, 0.3) is 0 Å². The summed E-state index contributed by atoms with van der Waals surface area (Å²) < 4.78 is 36.8. The minimum Gasteiger partial charge on any atom is -0.382 e. The summed E-state index contributed by atoms with van der Waals surface area (Å²) in [6.07, 6.45) is 4.30. The minimum absolute atomic E-state index is 0.188. The van der Waals surface area contributed by atoms with Crippen molar-refractivity contribution in [3.05, 3.63) is 88.7 Å². The molecular weight excluding hydrogens is 566 g/mol. The smallest absolute Gasteiger partial charge is 0.243 e. The predicted octanol–water partition coefficient (Wildman–Crippen LogP) is 5.55. The molecule has 1 aromatic heterocycles. The molecular formula is C29H38BrN3O4S. The molecule has 9 heteroatoms. The number of rotatable bonds is 16. The van der Waals surface area contributed by atoms with Gasteiger partial charge >= 0.3 is 0 Å². The lowest BCUT2D eigenvalue weighted by molar-refractivity contribution is -0.132. The normalized spacial score (nSPS) is 11.7. The number of amides is 1. The monoisotopic (exact) mass is 603 g/mol. The Bertz CT molecular complexity index is 1230. The summed E-state index contributed by atoms with van der Waals surface area (Å²) in [4.78, 5) is 15.6. The first-order chi connectivity index (χ1) is 18.3. The third-order valence-electron chi connectivity index (χ3n) is 6.27. The summed E-state index contributed by atoms with van der Waals surface area (Å²) in [7, 11) is -3.83. The summed E-state index contributed by atoms with van der Waals surface area (Å²) in [6.45, 7) is 6.67. The highest BCUT2D eigenvalue weighted by Crippen LogP contribution is 2.18. The van der Waals surface area contributed by atoms with Gasteiger partial charge in [-0.3, -0.25) is 4.79 Å². The number of unbranched alkanes of at least 4 members (excludes halogenated alkanes) is 1. The molecule has 0 N–H and O–H groups in total. The quantitative estimate of drug-likeness (QED) is 0.201. The first-order valence-corrected chi connectivity index (χ1v) is 15.4. The number of ether oxygens (including phenoxy) is 1. The second kappa shape index (κ2) is 15.2. The average Bonchev–Trinajstić information content (AvgIpc) is 3.36. The molecule has 1 heterocycles. The molecule has 0 fully saturated rings. The Hall–Kier alpha value is -2.46. The van der Waals surface area contributed by atoms with Crippen LogP contribution in [0.15, 0.2) is 82.3 Å². The van der Waals surface area contributed by atoms with Gasteiger partial charge in [0.05, 0.1) is 18.0 Å². The Kier molecular flexibility index (Phi) is 12.0. The zero-order valence-corrected chi connectivity index (χ0v) is 24.7. The second-order valence-corrected chi connectivity index (χ2v) is 12.0. The number of hydrogen-bond donors (Lipinski definition) is 0. The molecule has 0 bridgehead atoms. The Morgan fingerprint density at radius 3 is 2.37 bits per heavy atom. The van der Waals surface area contributed by atoms with E-state index in [9.17, 15) is 13.2 Å². The van der Waals surface area contributed by atoms with Gasteiger partial charge in [0.1, 0.15) is 0 Å². The number of carbonyl (C=O) groups excluding carboxylic acids is 1. The molecule has 0 aliphatic rings. The molecule has 0 radical (unpaired) electrons. The van der Waals surface area contributed by atoms with Crippen molar-refractivity contribution in [3.63, 3.8) is 0 Å². The van der Waals surface area contributed by atoms with Crippen LogP contribution in [-0.2, 0) is 32.6 Å². The van der Waals surface area contributed by atoms with Crippen LogP contribution in [0.5, 0.6) is 0 Å². The zero-order valence-electron chi connectivity index (χ0n) is 22.3. The van der Waals surface area contributed by atoms with Gasteiger partial charge in [0, 0.05) is 49.2 Å². The van der Waals surface area contributed by atoms with Crippen molar-refractivity contribution in [1.82, 2.24) is 13.8 Å². The van der Waals surface area contributed by atoms with E-state index in [0.29, 0.717) is 39.3 Å². The van der Waals surface area contributed by atoms with Crippen molar-refractivity contribution in [1.29, 1.82) is 0 Å². The van der Waals surface area contributed by atoms with Crippen LogP contribution in [0.2, 0.25) is 0 Å². The molecule has 0 aliphatic carbocycles. The van der Waals surface area contributed by atoms with E-state index in [2.05, 4.69) is 39.6 Å². The Labute approximate surface area is 235 Å². The van der Waals surface area contributed by atoms with E-state index in [1.165, 1.54) is 4.31 Å². The highest BCUT2D eigenvalue weighted by molar-refractivity contribution is 9.10. The van der Waals surface area contributed by atoms with Crippen LogP contribution in [0, 0.1) is 0 Å². The Morgan fingerprint density at radius 2 is 1.68 bits per heavy atom. The molecule has 38 heavy (non-hydrogen) atoms. The fraction of sp³-hybridized carbons (Fsp3) is 0.414. The van der Waals surface area contributed by atoms with Gasteiger partial charge in [-0.25, -0.2) is 8.42 Å². The zero-order chi connectivity index (χ0) is 27.4. The van der Waals surface area contributed by atoms with Crippen LogP contribution in [0.1, 0.15) is 44.4 Å². The fourth-order valence-corrected chi connectivity index (χ4v) is 5.85. The van der Waals surface area contributed by atoms with Crippen LogP contribution < -0.4 is 0 Å². The van der Waals surface area contributed by atoms with E-state index < -0.39 is 10.0 Å². The number of carbonyl (C=O) groups is 1. The van der Waals surface area contributed by atoms with Gasteiger partial charge in [0.15, 0.2) is 0 Å². The number of hydrogen-bond acceptors (Lipinski definition) is 4. The summed E-state index contributed by atoms with van der Waals surface area (Å²) in [5.74, 6) is -0.203. The number of nitrogens with zero attached hydrogens (tertiary/aromatic N) is 3. The molecule has 0 spiro atoms. The fourth-order valence-electron chi connectivity index (χ4n) is 4.13. The van der Waals surface area contributed by atoms with Crippen molar-refractivity contribution in [2.24, 2.45) is 0 Å². The van der Waals surface area contributed by atoms with E-state index >= 15 is 0 Å². The highest BCUT2D eigenvalue weighted by atomic mass is 79.9. The van der Waals surface area contributed by atoms with Gasteiger partial charge in [-0.2, -0.15) is 4.31 Å². The second-order valence-electron chi connectivity index (χ2n) is 9.12. The lowest BCUT2D eigenvalue weighted by Crippen LogP contribution is -2.43. The average molecular weight is 605 g/mol. The molecule has 1 amide bonds. The molecule has 7 nitrogen and oxygen atoms in total.